The van der Waals surface area contributed by atoms with Gasteiger partial charge in [-0.05, 0) is 22.3 Å². The van der Waals surface area contributed by atoms with Crippen LogP contribution in [0.3, 0.4) is 0 Å². The van der Waals surface area contributed by atoms with Crippen molar-refractivity contribution >= 4 is 41.1 Å². The van der Waals surface area contributed by atoms with Crippen LogP contribution in [-0.4, -0.2) is 57.2 Å². The summed E-state index contributed by atoms with van der Waals surface area (Å²) in [5.74, 6) is -0.781. The van der Waals surface area contributed by atoms with E-state index in [4.69, 9.17) is 4.74 Å². The molecule has 10 heteroatoms. The molecule has 1 saturated heterocycles. The monoisotopic (exact) mass is 495 g/mol. The number of ether oxygens (including phenoxy) is 1. The number of aromatic nitrogens is 1. The Bertz CT molecular complexity index is 1220. The van der Waals surface area contributed by atoms with Gasteiger partial charge < -0.3 is 20.1 Å². The highest BCUT2D eigenvalue weighted by atomic mass is 32.2. The van der Waals surface area contributed by atoms with Crippen molar-refractivity contribution in [3.05, 3.63) is 75.7 Å². The molecule has 3 aromatic rings. The molecule has 1 unspecified atom stereocenters. The van der Waals surface area contributed by atoms with E-state index in [9.17, 15) is 19.5 Å². The van der Waals surface area contributed by atoms with Gasteiger partial charge in [0.15, 0.2) is 0 Å². The van der Waals surface area contributed by atoms with Crippen molar-refractivity contribution in [1.82, 2.24) is 15.2 Å². The molecule has 2 aromatic carbocycles. The molecule has 1 aliphatic carbocycles. The van der Waals surface area contributed by atoms with Crippen LogP contribution in [0, 0.1) is 0 Å². The first kappa shape index (κ1) is 22.4. The van der Waals surface area contributed by atoms with Crippen molar-refractivity contribution in [3.63, 3.8) is 0 Å². The minimum atomic E-state index is -1.02. The van der Waals surface area contributed by atoms with Crippen molar-refractivity contribution in [1.29, 1.82) is 0 Å². The molecule has 2 heterocycles. The van der Waals surface area contributed by atoms with Crippen LogP contribution in [0.4, 0.5) is 4.79 Å². The smallest absolute Gasteiger partial charge is 0.407 e. The number of aliphatic carboxylic acids is 1. The van der Waals surface area contributed by atoms with Gasteiger partial charge in [-0.2, -0.15) is 0 Å². The Morgan fingerprint density at radius 2 is 1.76 bits per heavy atom. The van der Waals surface area contributed by atoms with Gasteiger partial charge in [-0.3, -0.25) is 4.79 Å². The molecule has 2 N–H and O–H groups in total. The number of carboxylic acids is 1. The molecule has 0 saturated carbocycles. The molecule has 0 radical (unpaired) electrons. The molecule has 1 atom stereocenters. The Balaban J connectivity index is 1.17. The number of hydrogen-bond donors (Lipinski definition) is 2. The second-order valence-corrected chi connectivity index (χ2v) is 9.88. The fraction of sp³-hybridized carbons (Fsp3) is 0.250. The number of carbonyl (C=O) groups is 3. The first-order chi connectivity index (χ1) is 16.5. The summed E-state index contributed by atoms with van der Waals surface area (Å²) >= 11 is 2.63. The van der Waals surface area contributed by atoms with E-state index in [1.807, 2.05) is 24.3 Å². The molecule has 5 rings (SSSR count). The Morgan fingerprint density at radius 3 is 2.44 bits per heavy atom. The molecule has 34 heavy (non-hydrogen) atoms. The van der Waals surface area contributed by atoms with E-state index in [-0.39, 0.29) is 24.8 Å². The summed E-state index contributed by atoms with van der Waals surface area (Å²) in [4.78, 5) is 41.9. The average molecular weight is 496 g/mol. The van der Waals surface area contributed by atoms with E-state index in [1.165, 1.54) is 28.0 Å². The number of nitrogens with one attached hydrogen (secondary N) is 1. The highest BCUT2D eigenvalue weighted by Crippen LogP contribution is 2.44. The number of carboxylic acid groups (broad SMARTS) is 1. The summed E-state index contributed by atoms with van der Waals surface area (Å²) in [6.45, 7) is 0.330. The van der Waals surface area contributed by atoms with Gasteiger partial charge in [-0.15, -0.1) is 23.1 Å². The number of thiazole rings is 1. The summed E-state index contributed by atoms with van der Waals surface area (Å²) in [5, 5.41) is 14.1. The Labute approximate surface area is 204 Å². The average Bonchev–Trinajstić information content (AvgIpc) is 3.59. The summed E-state index contributed by atoms with van der Waals surface area (Å²) in [6.07, 6.45) is -0.563. The Kier molecular flexibility index (Phi) is 6.25. The van der Waals surface area contributed by atoms with Gasteiger partial charge in [0.05, 0.1) is 12.4 Å². The van der Waals surface area contributed by atoms with Crippen LogP contribution in [0.1, 0.15) is 32.5 Å². The van der Waals surface area contributed by atoms with Gasteiger partial charge in [0.25, 0.3) is 5.91 Å². The molecule has 2 amide bonds. The molecule has 0 spiro atoms. The predicted octanol–water partition coefficient (Wildman–Crippen LogP) is 3.78. The number of hydrogen-bond acceptors (Lipinski definition) is 7. The number of amides is 2. The standard InChI is InChI=1S/C24H21N3O5S2/c28-22(27-13-33-12-20(27)23(29)30)19-11-34-21(26-19)9-25-24(31)32-10-18-16-7-3-1-5-14(16)15-6-2-4-8-17(15)18/h1-8,11,18,20H,9-10,12-13H2,(H,25,31)(H,29,30). The van der Waals surface area contributed by atoms with Crippen LogP contribution in [0.25, 0.3) is 11.1 Å². The fourth-order valence-electron chi connectivity index (χ4n) is 4.28. The lowest BCUT2D eigenvalue weighted by Gasteiger charge is -2.19. The number of carbonyl (C=O) groups excluding carboxylic acids is 2. The highest BCUT2D eigenvalue weighted by molar-refractivity contribution is 7.99. The summed E-state index contributed by atoms with van der Waals surface area (Å²) in [6, 6.07) is 15.4. The van der Waals surface area contributed by atoms with Crippen LogP contribution in [0.2, 0.25) is 0 Å². The largest absolute Gasteiger partial charge is 0.480 e. The minimum absolute atomic E-state index is 0.0252. The Hall–Kier alpha value is -3.37. The van der Waals surface area contributed by atoms with Crippen molar-refractivity contribution in [2.45, 2.75) is 18.5 Å². The van der Waals surface area contributed by atoms with Gasteiger partial charge in [0.1, 0.15) is 23.4 Å². The maximum Gasteiger partial charge on any atom is 0.407 e. The van der Waals surface area contributed by atoms with Crippen molar-refractivity contribution < 1.29 is 24.2 Å². The zero-order valence-electron chi connectivity index (χ0n) is 18.0. The maximum atomic E-state index is 12.6. The van der Waals surface area contributed by atoms with E-state index in [2.05, 4.69) is 34.6 Å². The summed E-state index contributed by atoms with van der Waals surface area (Å²) < 4.78 is 5.52. The number of benzene rings is 2. The van der Waals surface area contributed by atoms with Crippen LogP contribution < -0.4 is 5.32 Å². The number of nitrogens with zero attached hydrogens (tertiary/aromatic N) is 2. The maximum absolute atomic E-state index is 12.6. The molecule has 1 fully saturated rings. The lowest BCUT2D eigenvalue weighted by atomic mass is 9.98. The minimum Gasteiger partial charge on any atom is -0.480 e. The topological polar surface area (TPSA) is 109 Å². The second-order valence-electron chi connectivity index (χ2n) is 7.93. The van der Waals surface area contributed by atoms with Crippen LogP contribution in [0.15, 0.2) is 53.9 Å². The Morgan fingerprint density at radius 1 is 1.09 bits per heavy atom. The normalized spacial score (nSPS) is 16.7. The zero-order valence-corrected chi connectivity index (χ0v) is 19.6. The third-order valence-corrected chi connectivity index (χ3v) is 7.79. The third-order valence-electron chi connectivity index (χ3n) is 5.93. The van der Waals surface area contributed by atoms with Crippen molar-refractivity contribution in [2.24, 2.45) is 0 Å². The lowest BCUT2D eigenvalue weighted by molar-refractivity contribution is -0.140. The fourth-order valence-corrected chi connectivity index (χ4v) is 6.13. The van der Waals surface area contributed by atoms with Gasteiger partial charge in [-0.25, -0.2) is 14.6 Å². The molecular weight excluding hydrogens is 474 g/mol. The van der Waals surface area contributed by atoms with E-state index in [1.54, 1.807) is 5.38 Å². The second kappa shape index (κ2) is 9.47. The molecular formula is C24H21N3O5S2. The van der Waals surface area contributed by atoms with E-state index in [0.29, 0.717) is 16.6 Å². The first-order valence-electron chi connectivity index (χ1n) is 10.7. The first-order valence-corrected chi connectivity index (χ1v) is 12.7. The van der Waals surface area contributed by atoms with Crippen molar-refractivity contribution in [3.8, 4) is 11.1 Å². The molecule has 0 bridgehead atoms. The van der Waals surface area contributed by atoms with Gasteiger partial charge >= 0.3 is 12.1 Å². The van der Waals surface area contributed by atoms with Gasteiger partial charge in [0, 0.05) is 17.1 Å². The predicted molar refractivity (Wildman–Crippen MR) is 129 cm³/mol. The van der Waals surface area contributed by atoms with Crippen LogP contribution in [-0.2, 0) is 16.1 Å². The SMILES string of the molecule is O=C(NCc1nc(C(=O)N2CSCC2C(=O)O)cs1)OCC1c2ccccc2-c2ccccc21. The highest BCUT2D eigenvalue weighted by Gasteiger charge is 2.36. The number of thioether (sulfide) groups is 1. The van der Waals surface area contributed by atoms with Gasteiger partial charge in [-0.1, -0.05) is 48.5 Å². The summed E-state index contributed by atoms with van der Waals surface area (Å²) in [5.41, 5.74) is 4.78. The molecule has 1 aromatic heterocycles. The molecule has 174 valence electrons. The van der Waals surface area contributed by atoms with Crippen LogP contribution in [0.5, 0.6) is 0 Å². The van der Waals surface area contributed by atoms with Crippen LogP contribution >= 0.6 is 23.1 Å². The summed E-state index contributed by atoms with van der Waals surface area (Å²) in [7, 11) is 0. The van der Waals surface area contributed by atoms with Gasteiger partial charge in [0.2, 0.25) is 0 Å². The molecule has 8 nitrogen and oxygen atoms in total. The van der Waals surface area contributed by atoms with E-state index >= 15 is 0 Å². The number of alkyl carbamates (subject to hydrolysis) is 1. The van der Waals surface area contributed by atoms with E-state index < -0.39 is 24.0 Å². The zero-order chi connectivity index (χ0) is 23.7. The van der Waals surface area contributed by atoms with Crippen molar-refractivity contribution in [2.75, 3.05) is 18.2 Å². The van der Waals surface area contributed by atoms with E-state index in [0.717, 1.165) is 22.3 Å². The quantitative estimate of drug-likeness (QED) is 0.536. The number of fused-ring (bicyclic) bond motifs is 3. The molecule has 2 aliphatic rings. The lowest BCUT2D eigenvalue weighted by Crippen LogP contribution is -2.41. The third kappa shape index (κ3) is 4.26. The number of rotatable bonds is 6. The molecule has 1 aliphatic heterocycles.